The molecule has 1 heterocycles. The smallest absolute Gasteiger partial charge is 0.379 e. The van der Waals surface area contributed by atoms with Crippen molar-refractivity contribution in [2.45, 2.75) is 0 Å². The van der Waals surface area contributed by atoms with Crippen LogP contribution in [-0.2, 0) is 4.79 Å². The van der Waals surface area contributed by atoms with E-state index in [1.807, 2.05) is 0 Å². The van der Waals surface area contributed by atoms with Crippen LogP contribution in [0.1, 0.15) is 26.5 Å². The fourth-order valence-electron chi connectivity index (χ4n) is 2.67. The zero-order valence-electron chi connectivity index (χ0n) is 17.9. The van der Waals surface area contributed by atoms with E-state index in [4.69, 9.17) is 18.6 Å². The van der Waals surface area contributed by atoms with Crippen molar-refractivity contribution in [2.75, 3.05) is 20.8 Å². The number of benzene rings is 2. The van der Waals surface area contributed by atoms with Gasteiger partial charge in [-0.3, -0.25) is 9.59 Å². The molecule has 3 rings (SSSR count). The van der Waals surface area contributed by atoms with Gasteiger partial charge in [0, 0.05) is 5.56 Å². The Balaban J connectivity index is 1.49. The third-order valence-corrected chi connectivity index (χ3v) is 4.25. The first-order chi connectivity index (χ1) is 16.0. The topological polar surface area (TPSA) is 128 Å². The van der Waals surface area contributed by atoms with E-state index in [1.165, 1.54) is 38.8 Å². The summed E-state index contributed by atoms with van der Waals surface area (Å²) in [5, 5.41) is 6.33. The molecule has 0 aliphatic heterocycles. The van der Waals surface area contributed by atoms with Gasteiger partial charge in [-0.1, -0.05) is 12.1 Å². The number of nitrogens with one attached hydrogen (secondary N) is 2. The van der Waals surface area contributed by atoms with E-state index in [9.17, 15) is 14.4 Å². The predicted molar refractivity (Wildman–Crippen MR) is 118 cm³/mol. The summed E-state index contributed by atoms with van der Waals surface area (Å²) in [7, 11) is 2.95. The van der Waals surface area contributed by atoms with E-state index in [-0.39, 0.29) is 18.1 Å². The molecule has 0 spiro atoms. The summed E-state index contributed by atoms with van der Waals surface area (Å²) in [6, 6.07) is 14.3. The Morgan fingerprint density at radius 2 is 1.82 bits per heavy atom. The average Bonchev–Trinajstić information content (AvgIpc) is 3.37. The molecule has 3 aromatic rings. The molecule has 0 aliphatic rings. The molecule has 0 saturated heterocycles. The molecule has 0 saturated carbocycles. The minimum absolute atomic E-state index is 0.0801. The molecular weight excluding hydrogens is 430 g/mol. The van der Waals surface area contributed by atoms with Crippen LogP contribution in [0.3, 0.4) is 0 Å². The van der Waals surface area contributed by atoms with Crippen LogP contribution in [0.4, 0.5) is 0 Å². The summed E-state index contributed by atoms with van der Waals surface area (Å²) in [6.45, 7) is -0.286. The number of esters is 1. The maximum Gasteiger partial charge on any atom is 0.379 e. The fraction of sp³-hybridized carbons (Fsp3) is 0.130. The lowest BCUT2D eigenvalue weighted by Crippen LogP contribution is -2.34. The van der Waals surface area contributed by atoms with Crippen molar-refractivity contribution in [3.05, 3.63) is 77.7 Å². The number of ether oxygens (including phenoxy) is 3. The van der Waals surface area contributed by atoms with E-state index in [1.54, 1.807) is 42.5 Å². The quantitative estimate of drug-likeness (QED) is 0.221. The van der Waals surface area contributed by atoms with Gasteiger partial charge in [-0.25, -0.2) is 10.2 Å². The second-order valence-corrected chi connectivity index (χ2v) is 6.48. The summed E-state index contributed by atoms with van der Waals surface area (Å²) in [6.07, 6.45) is 2.75. The Kier molecular flexibility index (Phi) is 7.79. The van der Waals surface area contributed by atoms with E-state index in [0.717, 1.165) is 0 Å². The first-order valence-electron chi connectivity index (χ1n) is 9.68. The SMILES string of the molecule is COc1ccc(C(=O)NCC(=O)N/N=C\c2cccc(OC(=O)c3ccco3)c2)cc1OC. The summed E-state index contributed by atoms with van der Waals surface area (Å²) in [5.41, 5.74) is 3.20. The number of carbonyl (C=O) groups excluding carboxylic acids is 3. The number of hydrogen-bond donors (Lipinski definition) is 2. The molecular formula is C23H21N3O7. The number of furan rings is 1. The summed E-state index contributed by atoms with van der Waals surface area (Å²) in [5.74, 6) is -0.364. The highest BCUT2D eigenvalue weighted by atomic mass is 16.5. The Morgan fingerprint density at radius 3 is 2.55 bits per heavy atom. The fourth-order valence-corrected chi connectivity index (χ4v) is 2.67. The minimum atomic E-state index is -0.632. The second kappa shape index (κ2) is 11.1. The molecule has 0 atom stereocenters. The summed E-state index contributed by atoms with van der Waals surface area (Å²) >= 11 is 0. The summed E-state index contributed by atoms with van der Waals surface area (Å²) < 4.78 is 20.5. The monoisotopic (exact) mass is 451 g/mol. The molecule has 0 unspecified atom stereocenters. The standard InChI is InChI=1S/C23H21N3O7/c1-30-18-9-8-16(12-20(18)31-2)22(28)24-14-21(27)26-25-13-15-5-3-6-17(11-15)33-23(29)19-7-4-10-32-19/h3-13H,14H2,1-2H3,(H,24,28)(H,26,27)/b25-13-. The van der Waals surface area contributed by atoms with Crippen molar-refractivity contribution in [1.29, 1.82) is 0 Å². The Labute approximate surface area is 189 Å². The van der Waals surface area contributed by atoms with Gasteiger partial charge >= 0.3 is 5.97 Å². The molecule has 170 valence electrons. The predicted octanol–water partition coefficient (Wildman–Crippen LogP) is 2.40. The Bertz CT molecular complexity index is 1160. The van der Waals surface area contributed by atoms with Gasteiger partial charge in [-0.15, -0.1) is 0 Å². The van der Waals surface area contributed by atoms with Crippen LogP contribution in [-0.4, -0.2) is 44.8 Å². The van der Waals surface area contributed by atoms with E-state index in [0.29, 0.717) is 22.6 Å². The van der Waals surface area contributed by atoms with Crippen LogP contribution in [0.25, 0.3) is 0 Å². The Morgan fingerprint density at radius 1 is 1.00 bits per heavy atom. The molecule has 0 aliphatic carbocycles. The third-order valence-electron chi connectivity index (χ3n) is 4.25. The van der Waals surface area contributed by atoms with Crippen molar-refractivity contribution in [3.63, 3.8) is 0 Å². The Hall–Kier alpha value is -4.60. The zero-order chi connectivity index (χ0) is 23.6. The number of amides is 2. The second-order valence-electron chi connectivity index (χ2n) is 6.48. The number of rotatable bonds is 9. The van der Waals surface area contributed by atoms with E-state index in [2.05, 4.69) is 15.8 Å². The van der Waals surface area contributed by atoms with Crippen LogP contribution >= 0.6 is 0 Å². The van der Waals surface area contributed by atoms with Gasteiger partial charge in [0.1, 0.15) is 5.75 Å². The van der Waals surface area contributed by atoms with Crippen LogP contribution in [0, 0.1) is 0 Å². The number of hydrogen-bond acceptors (Lipinski definition) is 8. The van der Waals surface area contributed by atoms with Gasteiger partial charge in [-0.05, 0) is 48.0 Å². The van der Waals surface area contributed by atoms with Crippen LogP contribution in [0.15, 0.2) is 70.4 Å². The highest BCUT2D eigenvalue weighted by Crippen LogP contribution is 2.27. The largest absolute Gasteiger partial charge is 0.493 e. The van der Waals surface area contributed by atoms with Gasteiger partial charge in [0.05, 0.1) is 33.2 Å². The van der Waals surface area contributed by atoms with Crippen LogP contribution < -0.4 is 25.0 Å². The van der Waals surface area contributed by atoms with E-state index >= 15 is 0 Å². The van der Waals surface area contributed by atoms with Gasteiger partial charge in [0.2, 0.25) is 5.76 Å². The molecule has 0 bridgehead atoms. The van der Waals surface area contributed by atoms with Gasteiger partial charge < -0.3 is 23.9 Å². The molecule has 1 aromatic heterocycles. The van der Waals surface area contributed by atoms with Crippen LogP contribution in [0.2, 0.25) is 0 Å². The number of carbonyl (C=O) groups is 3. The van der Waals surface area contributed by atoms with Gasteiger partial charge in [0.15, 0.2) is 11.5 Å². The van der Waals surface area contributed by atoms with Crippen LogP contribution in [0.5, 0.6) is 17.2 Å². The minimum Gasteiger partial charge on any atom is -0.493 e. The lowest BCUT2D eigenvalue weighted by Gasteiger charge is -2.09. The molecule has 10 nitrogen and oxygen atoms in total. The third kappa shape index (κ3) is 6.44. The molecule has 33 heavy (non-hydrogen) atoms. The van der Waals surface area contributed by atoms with Crippen molar-refractivity contribution in [3.8, 4) is 17.2 Å². The molecule has 2 N–H and O–H groups in total. The molecule has 2 amide bonds. The van der Waals surface area contributed by atoms with E-state index < -0.39 is 17.8 Å². The first-order valence-corrected chi connectivity index (χ1v) is 9.68. The number of methoxy groups -OCH3 is 2. The highest BCUT2D eigenvalue weighted by molar-refractivity contribution is 5.97. The number of hydrazone groups is 1. The van der Waals surface area contributed by atoms with Gasteiger partial charge in [-0.2, -0.15) is 5.10 Å². The maximum atomic E-state index is 12.2. The van der Waals surface area contributed by atoms with Crippen molar-refractivity contribution in [2.24, 2.45) is 5.10 Å². The number of nitrogens with zero attached hydrogens (tertiary/aromatic N) is 1. The van der Waals surface area contributed by atoms with Gasteiger partial charge in [0.25, 0.3) is 11.8 Å². The maximum absolute atomic E-state index is 12.2. The molecule has 0 radical (unpaired) electrons. The average molecular weight is 451 g/mol. The lowest BCUT2D eigenvalue weighted by molar-refractivity contribution is -0.120. The van der Waals surface area contributed by atoms with Crippen molar-refractivity contribution in [1.82, 2.24) is 10.7 Å². The zero-order valence-corrected chi connectivity index (χ0v) is 17.9. The first kappa shape index (κ1) is 23.1. The highest BCUT2D eigenvalue weighted by Gasteiger charge is 2.12. The molecule has 2 aromatic carbocycles. The van der Waals surface area contributed by atoms with Crippen molar-refractivity contribution >= 4 is 24.0 Å². The normalized spacial score (nSPS) is 10.5. The van der Waals surface area contributed by atoms with Crippen molar-refractivity contribution < 1.29 is 33.0 Å². The lowest BCUT2D eigenvalue weighted by atomic mass is 10.2. The molecule has 0 fully saturated rings. The summed E-state index contributed by atoms with van der Waals surface area (Å²) in [4.78, 5) is 36.2. The molecule has 10 heteroatoms.